The van der Waals surface area contributed by atoms with Gasteiger partial charge in [-0.3, -0.25) is 14.6 Å². The quantitative estimate of drug-likeness (QED) is 0.619. The van der Waals surface area contributed by atoms with Gasteiger partial charge in [0, 0.05) is 30.0 Å². The molecule has 0 bridgehead atoms. The Kier molecular flexibility index (Phi) is 6.85. The second kappa shape index (κ2) is 9.39. The number of nitrogens with one attached hydrogen (secondary N) is 1. The molecule has 0 fully saturated rings. The first-order chi connectivity index (χ1) is 14.7. The maximum Gasteiger partial charge on any atom is 0.267 e. The first kappa shape index (κ1) is 22.6. The fraction of sp³-hybridized carbons (Fsp3) is 0.333. The van der Waals surface area contributed by atoms with E-state index in [1.807, 2.05) is 71.0 Å². The Morgan fingerprint density at radius 2 is 1.81 bits per heavy atom. The van der Waals surface area contributed by atoms with Crippen LogP contribution in [0.15, 0.2) is 54.9 Å². The molecule has 0 radical (unpaired) electrons. The summed E-state index contributed by atoms with van der Waals surface area (Å²) in [5, 5.41) is 3.85. The SMILES string of the molecule is Cc1nc(C)c(C(=O)N(Cc2ccccc2)C(C(=O)NC(C)(C)C)c2cccnc2)s1. The van der Waals surface area contributed by atoms with Crippen LogP contribution in [-0.4, -0.2) is 32.2 Å². The summed E-state index contributed by atoms with van der Waals surface area (Å²) in [7, 11) is 0. The Labute approximate surface area is 187 Å². The van der Waals surface area contributed by atoms with Gasteiger partial charge in [-0.05, 0) is 46.2 Å². The topological polar surface area (TPSA) is 75.2 Å². The molecular formula is C24H28N4O2S. The molecule has 1 atom stereocenters. The number of nitrogens with zero attached hydrogens (tertiary/aromatic N) is 3. The first-order valence-corrected chi connectivity index (χ1v) is 11.0. The van der Waals surface area contributed by atoms with Crippen molar-refractivity contribution in [1.82, 2.24) is 20.2 Å². The summed E-state index contributed by atoms with van der Waals surface area (Å²) in [5.41, 5.74) is 1.82. The van der Waals surface area contributed by atoms with Crippen LogP contribution in [0.25, 0.3) is 0 Å². The molecule has 2 amide bonds. The third-order valence-corrected chi connectivity index (χ3v) is 5.67. The van der Waals surface area contributed by atoms with Gasteiger partial charge in [0.05, 0.1) is 10.7 Å². The summed E-state index contributed by atoms with van der Waals surface area (Å²) in [6, 6.07) is 12.5. The fourth-order valence-corrected chi connectivity index (χ4v) is 4.25. The summed E-state index contributed by atoms with van der Waals surface area (Å²) in [5.74, 6) is -0.464. The van der Waals surface area contributed by atoms with Crippen LogP contribution in [0.5, 0.6) is 0 Å². The van der Waals surface area contributed by atoms with Crippen LogP contribution in [-0.2, 0) is 11.3 Å². The molecule has 3 rings (SSSR count). The molecule has 0 aliphatic heterocycles. The van der Waals surface area contributed by atoms with Gasteiger partial charge in [0.25, 0.3) is 5.91 Å². The molecule has 0 saturated heterocycles. The van der Waals surface area contributed by atoms with Crippen molar-refractivity contribution in [3.05, 3.63) is 81.6 Å². The molecular weight excluding hydrogens is 408 g/mol. The first-order valence-electron chi connectivity index (χ1n) is 10.2. The summed E-state index contributed by atoms with van der Waals surface area (Å²) in [4.78, 5) is 38.0. The van der Waals surface area contributed by atoms with E-state index in [0.717, 1.165) is 10.6 Å². The lowest BCUT2D eigenvalue weighted by molar-refractivity contribution is -0.127. The maximum absolute atomic E-state index is 13.8. The number of aryl methyl sites for hydroxylation is 2. The zero-order valence-corrected chi connectivity index (χ0v) is 19.4. The average Bonchev–Trinajstić information content (AvgIpc) is 3.05. The van der Waals surface area contributed by atoms with Crippen LogP contribution in [0.2, 0.25) is 0 Å². The van der Waals surface area contributed by atoms with Gasteiger partial charge < -0.3 is 10.2 Å². The Morgan fingerprint density at radius 3 is 2.35 bits per heavy atom. The molecule has 3 aromatic rings. The number of pyridine rings is 1. The highest BCUT2D eigenvalue weighted by Gasteiger charge is 2.35. The van der Waals surface area contributed by atoms with Crippen molar-refractivity contribution in [1.29, 1.82) is 0 Å². The lowest BCUT2D eigenvalue weighted by Crippen LogP contribution is -2.49. The number of rotatable bonds is 6. The summed E-state index contributed by atoms with van der Waals surface area (Å²) >= 11 is 1.35. The van der Waals surface area contributed by atoms with E-state index < -0.39 is 11.6 Å². The number of hydrogen-bond acceptors (Lipinski definition) is 5. The highest BCUT2D eigenvalue weighted by molar-refractivity contribution is 7.13. The number of hydrogen-bond donors (Lipinski definition) is 1. The smallest absolute Gasteiger partial charge is 0.267 e. The molecule has 0 spiro atoms. The normalized spacial score (nSPS) is 12.3. The molecule has 1 unspecified atom stereocenters. The minimum atomic E-state index is -0.831. The lowest BCUT2D eigenvalue weighted by atomic mass is 10.0. The van der Waals surface area contributed by atoms with Gasteiger partial charge in [0.2, 0.25) is 5.91 Å². The molecule has 31 heavy (non-hydrogen) atoms. The summed E-state index contributed by atoms with van der Waals surface area (Å²) < 4.78 is 0. The van der Waals surface area contributed by atoms with Crippen molar-refractivity contribution in [2.24, 2.45) is 0 Å². The molecule has 6 nitrogen and oxygen atoms in total. The third kappa shape index (κ3) is 5.76. The standard InChI is InChI=1S/C24H28N4O2S/c1-16-21(31-17(2)26-16)23(30)28(15-18-10-7-6-8-11-18)20(19-12-9-13-25-14-19)22(29)27-24(3,4)5/h6-14,20H,15H2,1-5H3,(H,27,29). The number of benzene rings is 1. The highest BCUT2D eigenvalue weighted by atomic mass is 32.1. The van der Waals surface area contributed by atoms with E-state index in [-0.39, 0.29) is 18.4 Å². The number of aromatic nitrogens is 2. The van der Waals surface area contributed by atoms with Gasteiger partial charge in [-0.1, -0.05) is 36.4 Å². The lowest BCUT2D eigenvalue weighted by Gasteiger charge is -2.33. The van der Waals surface area contributed by atoms with E-state index in [0.29, 0.717) is 16.1 Å². The van der Waals surface area contributed by atoms with Crippen LogP contribution in [0, 0.1) is 13.8 Å². The van der Waals surface area contributed by atoms with Crippen molar-refractivity contribution in [2.75, 3.05) is 0 Å². The van der Waals surface area contributed by atoms with Crippen LogP contribution >= 0.6 is 11.3 Å². The number of carbonyl (C=O) groups excluding carboxylic acids is 2. The Balaban J connectivity index is 2.10. The van der Waals surface area contributed by atoms with Crippen molar-refractivity contribution in [3.8, 4) is 0 Å². The minimum Gasteiger partial charge on any atom is -0.349 e. The van der Waals surface area contributed by atoms with Gasteiger partial charge in [-0.15, -0.1) is 11.3 Å². The maximum atomic E-state index is 13.8. The molecule has 0 saturated carbocycles. The van der Waals surface area contributed by atoms with Crippen molar-refractivity contribution in [3.63, 3.8) is 0 Å². The van der Waals surface area contributed by atoms with Gasteiger partial charge in [0.15, 0.2) is 0 Å². The van der Waals surface area contributed by atoms with Crippen LogP contribution in [0.3, 0.4) is 0 Å². The van der Waals surface area contributed by atoms with Crippen LogP contribution < -0.4 is 5.32 Å². The van der Waals surface area contributed by atoms with Crippen LogP contribution in [0.4, 0.5) is 0 Å². The molecule has 1 N–H and O–H groups in total. The molecule has 0 aliphatic rings. The highest BCUT2D eigenvalue weighted by Crippen LogP contribution is 2.29. The molecule has 7 heteroatoms. The zero-order chi connectivity index (χ0) is 22.6. The van der Waals surface area contributed by atoms with E-state index in [1.165, 1.54) is 11.3 Å². The van der Waals surface area contributed by atoms with E-state index in [4.69, 9.17) is 0 Å². The Bertz CT molecular complexity index is 1040. The predicted molar refractivity (Wildman–Crippen MR) is 123 cm³/mol. The van der Waals surface area contributed by atoms with E-state index in [1.54, 1.807) is 23.4 Å². The number of amides is 2. The van der Waals surface area contributed by atoms with Gasteiger partial charge in [-0.2, -0.15) is 0 Å². The monoisotopic (exact) mass is 436 g/mol. The summed E-state index contributed by atoms with van der Waals surface area (Å²) in [6.07, 6.45) is 3.30. The minimum absolute atomic E-state index is 0.218. The number of thiazole rings is 1. The summed E-state index contributed by atoms with van der Waals surface area (Å²) in [6.45, 7) is 9.75. The van der Waals surface area contributed by atoms with Crippen molar-refractivity contribution >= 4 is 23.2 Å². The fourth-order valence-electron chi connectivity index (χ4n) is 3.37. The van der Waals surface area contributed by atoms with Crippen molar-refractivity contribution in [2.45, 2.75) is 52.7 Å². The van der Waals surface area contributed by atoms with E-state index in [2.05, 4.69) is 15.3 Å². The Hall–Kier alpha value is -3.06. The molecule has 162 valence electrons. The zero-order valence-electron chi connectivity index (χ0n) is 18.5. The van der Waals surface area contributed by atoms with E-state index in [9.17, 15) is 9.59 Å². The molecule has 1 aromatic carbocycles. The Morgan fingerprint density at radius 1 is 1.10 bits per heavy atom. The van der Waals surface area contributed by atoms with Crippen molar-refractivity contribution < 1.29 is 9.59 Å². The van der Waals surface area contributed by atoms with Gasteiger partial charge in [0.1, 0.15) is 10.9 Å². The molecule has 2 heterocycles. The largest absolute Gasteiger partial charge is 0.349 e. The van der Waals surface area contributed by atoms with Gasteiger partial charge in [-0.25, -0.2) is 4.98 Å². The van der Waals surface area contributed by atoms with Crippen LogP contribution in [0.1, 0.15) is 58.3 Å². The average molecular weight is 437 g/mol. The predicted octanol–water partition coefficient (Wildman–Crippen LogP) is 4.45. The second-order valence-corrected chi connectivity index (χ2v) is 9.70. The third-order valence-electron chi connectivity index (χ3n) is 4.61. The second-order valence-electron chi connectivity index (χ2n) is 8.49. The van der Waals surface area contributed by atoms with Gasteiger partial charge >= 0.3 is 0 Å². The molecule has 0 aliphatic carbocycles. The molecule has 2 aromatic heterocycles. The number of carbonyl (C=O) groups is 2. The van der Waals surface area contributed by atoms with E-state index >= 15 is 0 Å².